The van der Waals surface area contributed by atoms with Gasteiger partial charge in [-0.15, -0.1) is 0 Å². The summed E-state index contributed by atoms with van der Waals surface area (Å²) >= 11 is 1.43. The second-order valence-corrected chi connectivity index (χ2v) is 7.22. The Morgan fingerprint density at radius 2 is 1.96 bits per heavy atom. The number of aromatic nitrogens is 1. The lowest BCUT2D eigenvalue weighted by molar-refractivity contribution is -0.116. The molecule has 0 bridgehead atoms. The molecule has 3 aromatic rings. The van der Waals surface area contributed by atoms with Gasteiger partial charge < -0.3 is 19.5 Å². The number of fused-ring (bicyclic) bond motifs is 2. The van der Waals surface area contributed by atoms with Crippen LogP contribution in [0.1, 0.15) is 22.8 Å². The van der Waals surface area contributed by atoms with Gasteiger partial charge in [-0.2, -0.15) is 4.37 Å². The number of anilines is 1. The van der Waals surface area contributed by atoms with Crippen LogP contribution in [0.4, 0.5) is 5.69 Å². The average molecular weight is 380 g/mol. The molecule has 1 amide bonds. The monoisotopic (exact) mass is 380 g/mol. The zero-order valence-corrected chi connectivity index (χ0v) is 15.3. The van der Waals surface area contributed by atoms with Crippen molar-refractivity contribution in [1.29, 1.82) is 0 Å². The molecule has 5 rings (SSSR count). The molecule has 0 saturated heterocycles. The lowest BCUT2D eigenvalue weighted by Gasteiger charge is -2.23. The van der Waals surface area contributed by atoms with Gasteiger partial charge in [0, 0.05) is 17.9 Å². The molecule has 0 fully saturated rings. The van der Waals surface area contributed by atoms with Crippen LogP contribution in [0, 0.1) is 0 Å². The fraction of sp³-hybridized carbons (Fsp3) is 0.200. The molecule has 27 heavy (non-hydrogen) atoms. The topological polar surface area (TPSA) is 69.7 Å². The molecule has 1 N–H and O–H groups in total. The molecule has 3 heterocycles. The summed E-state index contributed by atoms with van der Waals surface area (Å²) in [6.45, 7) is 0.233. The summed E-state index contributed by atoms with van der Waals surface area (Å²) in [7, 11) is 1.63. The molecule has 0 spiro atoms. The highest BCUT2D eigenvalue weighted by molar-refractivity contribution is 7.07. The van der Waals surface area contributed by atoms with Crippen LogP contribution in [-0.2, 0) is 4.79 Å². The van der Waals surface area contributed by atoms with Crippen LogP contribution in [-0.4, -0.2) is 24.2 Å². The number of ether oxygens (including phenoxy) is 3. The highest BCUT2D eigenvalue weighted by Crippen LogP contribution is 2.46. The first-order valence-corrected chi connectivity index (χ1v) is 9.33. The van der Waals surface area contributed by atoms with Gasteiger partial charge in [0.05, 0.1) is 17.7 Å². The summed E-state index contributed by atoms with van der Waals surface area (Å²) in [5, 5.41) is 3.01. The molecule has 6 nitrogen and oxygen atoms in total. The summed E-state index contributed by atoms with van der Waals surface area (Å²) < 4.78 is 20.7. The van der Waals surface area contributed by atoms with Crippen molar-refractivity contribution < 1.29 is 19.0 Å². The number of nitrogens with zero attached hydrogens (tertiary/aromatic N) is 1. The summed E-state index contributed by atoms with van der Waals surface area (Å²) in [4.78, 5) is 13.5. The first-order chi connectivity index (χ1) is 13.2. The molecular weight excluding hydrogens is 364 g/mol. The van der Waals surface area contributed by atoms with E-state index < -0.39 is 0 Å². The van der Waals surface area contributed by atoms with Crippen molar-refractivity contribution in [2.75, 3.05) is 19.2 Å². The minimum absolute atomic E-state index is 0.0138. The van der Waals surface area contributed by atoms with Crippen LogP contribution < -0.4 is 19.5 Å². The molecule has 2 aromatic carbocycles. The Kier molecular flexibility index (Phi) is 3.75. The Labute approximate surface area is 159 Å². The quantitative estimate of drug-likeness (QED) is 0.743. The Morgan fingerprint density at radius 3 is 2.78 bits per heavy atom. The third-order valence-corrected chi connectivity index (χ3v) is 5.81. The maximum atomic E-state index is 12.4. The number of carbonyl (C=O) groups is 1. The van der Waals surface area contributed by atoms with Crippen molar-refractivity contribution in [3.05, 3.63) is 52.9 Å². The van der Waals surface area contributed by atoms with Gasteiger partial charge in [-0.3, -0.25) is 4.79 Å². The van der Waals surface area contributed by atoms with Crippen molar-refractivity contribution in [2.24, 2.45) is 0 Å². The van der Waals surface area contributed by atoms with Crippen LogP contribution in [0.25, 0.3) is 11.3 Å². The minimum atomic E-state index is -0.0484. The van der Waals surface area contributed by atoms with Crippen molar-refractivity contribution >= 4 is 23.1 Å². The fourth-order valence-corrected chi connectivity index (χ4v) is 4.45. The summed E-state index contributed by atoms with van der Waals surface area (Å²) in [6.07, 6.45) is 0.386. The molecule has 0 saturated carbocycles. The zero-order chi connectivity index (χ0) is 18.4. The van der Waals surface area contributed by atoms with Gasteiger partial charge in [0.15, 0.2) is 11.5 Å². The van der Waals surface area contributed by atoms with Gasteiger partial charge >= 0.3 is 0 Å². The second-order valence-electron chi connectivity index (χ2n) is 6.42. The number of amides is 1. The van der Waals surface area contributed by atoms with Gasteiger partial charge in [-0.1, -0.05) is 6.07 Å². The molecule has 7 heteroatoms. The van der Waals surface area contributed by atoms with Crippen LogP contribution in [0.15, 0.2) is 42.5 Å². The van der Waals surface area contributed by atoms with E-state index in [2.05, 4.69) is 9.69 Å². The normalized spacial score (nSPS) is 17.4. The zero-order valence-electron chi connectivity index (χ0n) is 14.5. The fourth-order valence-electron chi connectivity index (χ4n) is 3.48. The second kappa shape index (κ2) is 6.28. The van der Waals surface area contributed by atoms with Gasteiger partial charge in [-0.05, 0) is 53.5 Å². The predicted molar refractivity (Wildman–Crippen MR) is 102 cm³/mol. The Hall–Kier alpha value is -3.06. The third-order valence-electron chi connectivity index (χ3n) is 4.85. The van der Waals surface area contributed by atoms with Gasteiger partial charge in [-0.25, -0.2) is 0 Å². The van der Waals surface area contributed by atoms with Crippen LogP contribution in [0.3, 0.4) is 0 Å². The van der Waals surface area contributed by atoms with E-state index in [1.165, 1.54) is 11.5 Å². The number of rotatable bonds is 3. The Morgan fingerprint density at radius 1 is 1.15 bits per heavy atom. The number of hydrogen-bond acceptors (Lipinski definition) is 6. The standard InChI is InChI=1S/C20H16N2O4S/c1-24-13-5-2-11(3-6-13)18-19-20(27-22-18)14(9-17(23)21-19)12-4-7-15-16(8-12)26-10-25-15/h2-8,14H,9-10H2,1H3,(H,21,23)/t14-/m1/s1. The van der Waals surface area contributed by atoms with E-state index in [4.69, 9.17) is 14.2 Å². The molecule has 1 aromatic heterocycles. The maximum absolute atomic E-state index is 12.4. The van der Waals surface area contributed by atoms with Crippen LogP contribution >= 0.6 is 11.5 Å². The van der Waals surface area contributed by atoms with Gasteiger partial charge in [0.25, 0.3) is 0 Å². The first-order valence-electron chi connectivity index (χ1n) is 8.56. The van der Waals surface area contributed by atoms with Gasteiger partial charge in [0.2, 0.25) is 12.7 Å². The van der Waals surface area contributed by atoms with E-state index in [0.717, 1.165) is 44.6 Å². The summed E-state index contributed by atoms with van der Waals surface area (Å²) in [5.74, 6) is 2.18. The smallest absolute Gasteiger partial charge is 0.231 e. The van der Waals surface area contributed by atoms with Crippen molar-refractivity contribution in [3.63, 3.8) is 0 Å². The molecular formula is C20H16N2O4S. The molecule has 2 aliphatic rings. The molecule has 136 valence electrons. The molecule has 2 aliphatic heterocycles. The van der Waals surface area contributed by atoms with Crippen molar-refractivity contribution in [2.45, 2.75) is 12.3 Å². The maximum Gasteiger partial charge on any atom is 0.231 e. The lowest BCUT2D eigenvalue weighted by Crippen LogP contribution is -2.22. The van der Waals surface area contributed by atoms with E-state index in [1.54, 1.807) is 7.11 Å². The SMILES string of the molecule is COc1ccc(-c2nsc3c2NC(=O)C[C@@H]3c2ccc3c(c2)OCO3)cc1. The van der Waals surface area contributed by atoms with E-state index >= 15 is 0 Å². The molecule has 0 radical (unpaired) electrons. The molecule has 0 unspecified atom stereocenters. The van der Waals surface area contributed by atoms with E-state index in [-0.39, 0.29) is 18.6 Å². The highest BCUT2D eigenvalue weighted by Gasteiger charge is 2.32. The lowest BCUT2D eigenvalue weighted by atomic mass is 9.89. The van der Waals surface area contributed by atoms with Crippen molar-refractivity contribution in [1.82, 2.24) is 4.37 Å². The number of nitrogens with one attached hydrogen (secondary N) is 1. The van der Waals surface area contributed by atoms with Gasteiger partial charge in [0.1, 0.15) is 11.4 Å². The first kappa shape index (κ1) is 16.1. The van der Waals surface area contributed by atoms with Crippen LogP contribution in [0.5, 0.6) is 17.2 Å². The highest BCUT2D eigenvalue weighted by atomic mass is 32.1. The van der Waals surface area contributed by atoms with Crippen LogP contribution in [0.2, 0.25) is 0 Å². The van der Waals surface area contributed by atoms with E-state index in [1.807, 2.05) is 42.5 Å². The molecule has 1 atom stereocenters. The number of methoxy groups -OCH3 is 1. The Balaban J connectivity index is 1.56. The third kappa shape index (κ3) is 2.71. The van der Waals surface area contributed by atoms with E-state index in [9.17, 15) is 4.79 Å². The average Bonchev–Trinajstić information content (AvgIpc) is 3.33. The number of hydrogen-bond donors (Lipinski definition) is 1. The van der Waals surface area contributed by atoms with E-state index in [0.29, 0.717) is 6.42 Å². The summed E-state index contributed by atoms with van der Waals surface area (Å²) in [5.41, 5.74) is 3.56. The van der Waals surface area contributed by atoms with Crippen molar-refractivity contribution in [3.8, 4) is 28.5 Å². The number of benzene rings is 2. The minimum Gasteiger partial charge on any atom is -0.497 e. The predicted octanol–water partition coefficient (Wildman–Crippen LogP) is 4.02. The summed E-state index contributed by atoms with van der Waals surface area (Å²) in [6, 6.07) is 13.5. The number of carbonyl (C=O) groups excluding carboxylic acids is 1. The molecule has 0 aliphatic carbocycles. The largest absolute Gasteiger partial charge is 0.497 e. The Bertz CT molecular complexity index is 1030.